The number of hydrogen-bond donors (Lipinski definition) is 1. The maximum Gasteiger partial charge on any atom is 0.270 e. The second-order valence-electron chi connectivity index (χ2n) is 7.77. The first-order valence-corrected chi connectivity index (χ1v) is 10.6. The molecule has 0 radical (unpaired) electrons. The molecule has 31 heavy (non-hydrogen) atoms. The zero-order valence-corrected chi connectivity index (χ0v) is 18.2. The largest absolute Gasteiger partial charge is 0.344 e. The molecular formula is C27H27N3O. The fourth-order valence-corrected chi connectivity index (χ4v) is 3.85. The van der Waals surface area contributed by atoms with Crippen molar-refractivity contribution in [3.05, 3.63) is 102 Å². The van der Waals surface area contributed by atoms with Crippen LogP contribution in [0.25, 0.3) is 22.6 Å². The Morgan fingerprint density at radius 3 is 2.13 bits per heavy atom. The summed E-state index contributed by atoms with van der Waals surface area (Å²) in [6.07, 6.45) is 0.805. The van der Waals surface area contributed by atoms with Gasteiger partial charge >= 0.3 is 0 Å². The monoisotopic (exact) mass is 409 g/mol. The quantitative estimate of drug-likeness (QED) is 0.428. The summed E-state index contributed by atoms with van der Waals surface area (Å²) in [7, 11) is 1.91. The SMILES string of the molecule is CCC(NC(=O)c1c(-c2ccc(C)cc2)nc(-c2ccccc2)n1C)c1ccccc1. The zero-order valence-electron chi connectivity index (χ0n) is 18.2. The van der Waals surface area contributed by atoms with Crippen molar-refractivity contribution in [2.45, 2.75) is 26.3 Å². The lowest BCUT2D eigenvalue weighted by atomic mass is 10.0. The summed E-state index contributed by atoms with van der Waals surface area (Å²) in [5.74, 6) is 0.651. The number of rotatable bonds is 6. The summed E-state index contributed by atoms with van der Waals surface area (Å²) in [6.45, 7) is 4.13. The molecule has 1 aromatic heterocycles. The van der Waals surface area contributed by atoms with Crippen molar-refractivity contribution < 1.29 is 4.79 Å². The number of nitrogens with zero attached hydrogens (tertiary/aromatic N) is 2. The molecule has 0 saturated carbocycles. The highest BCUT2D eigenvalue weighted by Crippen LogP contribution is 2.29. The minimum absolute atomic E-state index is 0.0605. The van der Waals surface area contributed by atoms with Crippen molar-refractivity contribution in [3.63, 3.8) is 0 Å². The van der Waals surface area contributed by atoms with E-state index >= 15 is 0 Å². The molecule has 1 atom stereocenters. The molecule has 1 unspecified atom stereocenters. The van der Waals surface area contributed by atoms with Gasteiger partial charge in [0.25, 0.3) is 5.91 Å². The van der Waals surface area contributed by atoms with Gasteiger partial charge in [0.1, 0.15) is 17.2 Å². The Kier molecular flexibility index (Phi) is 5.99. The first kappa shape index (κ1) is 20.6. The second kappa shape index (κ2) is 9.00. The van der Waals surface area contributed by atoms with Gasteiger partial charge in [-0.05, 0) is 18.9 Å². The molecule has 0 aliphatic rings. The number of aromatic nitrogens is 2. The molecule has 0 saturated heterocycles. The second-order valence-corrected chi connectivity index (χ2v) is 7.77. The molecule has 0 fully saturated rings. The predicted molar refractivity (Wildman–Crippen MR) is 126 cm³/mol. The van der Waals surface area contributed by atoms with Crippen LogP contribution in [-0.4, -0.2) is 15.5 Å². The van der Waals surface area contributed by atoms with Gasteiger partial charge in [0.05, 0.1) is 6.04 Å². The highest BCUT2D eigenvalue weighted by atomic mass is 16.2. The first-order chi connectivity index (χ1) is 15.1. The average molecular weight is 410 g/mol. The number of nitrogens with one attached hydrogen (secondary N) is 1. The van der Waals surface area contributed by atoms with Gasteiger partial charge in [-0.2, -0.15) is 0 Å². The standard InChI is InChI=1S/C27H27N3O/c1-4-23(20-11-7-5-8-12-20)28-27(31)25-24(21-17-15-19(2)16-18-21)29-26(30(25)3)22-13-9-6-10-14-22/h5-18,23H,4H2,1-3H3,(H,28,31). The van der Waals surface area contributed by atoms with Crippen LogP contribution in [0.15, 0.2) is 84.9 Å². The number of hydrogen-bond acceptors (Lipinski definition) is 2. The molecule has 0 spiro atoms. The number of benzene rings is 3. The maximum atomic E-state index is 13.5. The van der Waals surface area contributed by atoms with Gasteiger partial charge in [0, 0.05) is 18.2 Å². The number of carbonyl (C=O) groups is 1. The molecule has 1 N–H and O–H groups in total. The Hall–Kier alpha value is -3.66. The molecule has 4 nitrogen and oxygen atoms in total. The van der Waals surface area contributed by atoms with Gasteiger partial charge in [0.2, 0.25) is 0 Å². The van der Waals surface area contributed by atoms with E-state index in [1.807, 2.05) is 96.5 Å². The lowest BCUT2D eigenvalue weighted by Crippen LogP contribution is -2.30. The molecule has 0 aliphatic heterocycles. The van der Waals surface area contributed by atoms with E-state index in [0.717, 1.165) is 28.9 Å². The summed E-state index contributed by atoms with van der Waals surface area (Å²) in [6, 6.07) is 28.2. The van der Waals surface area contributed by atoms with E-state index in [2.05, 4.69) is 19.2 Å². The van der Waals surface area contributed by atoms with Gasteiger partial charge < -0.3 is 9.88 Å². The van der Waals surface area contributed by atoms with Crippen molar-refractivity contribution >= 4 is 5.91 Å². The van der Waals surface area contributed by atoms with Crippen molar-refractivity contribution in [1.29, 1.82) is 0 Å². The van der Waals surface area contributed by atoms with Crippen molar-refractivity contribution in [1.82, 2.24) is 14.9 Å². The molecule has 3 aromatic carbocycles. The van der Waals surface area contributed by atoms with Gasteiger partial charge in [-0.1, -0.05) is 97.4 Å². The van der Waals surface area contributed by atoms with E-state index in [-0.39, 0.29) is 11.9 Å². The number of amides is 1. The van der Waals surface area contributed by atoms with Gasteiger partial charge in [-0.25, -0.2) is 4.98 Å². The van der Waals surface area contributed by atoms with Gasteiger partial charge in [-0.15, -0.1) is 0 Å². The summed E-state index contributed by atoms with van der Waals surface area (Å²) in [5.41, 5.74) is 5.44. The van der Waals surface area contributed by atoms with Crippen LogP contribution < -0.4 is 5.32 Å². The normalized spacial score (nSPS) is 11.8. The summed E-state index contributed by atoms with van der Waals surface area (Å²) >= 11 is 0. The Balaban J connectivity index is 1.78. The fraction of sp³-hybridized carbons (Fsp3) is 0.185. The van der Waals surface area contributed by atoms with Crippen LogP contribution >= 0.6 is 0 Å². The average Bonchev–Trinajstić information content (AvgIpc) is 3.16. The van der Waals surface area contributed by atoms with Crippen LogP contribution in [0.5, 0.6) is 0 Å². The Morgan fingerprint density at radius 1 is 0.903 bits per heavy atom. The third-order valence-corrected chi connectivity index (χ3v) is 5.58. The smallest absolute Gasteiger partial charge is 0.270 e. The van der Waals surface area contributed by atoms with Crippen LogP contribution in [0, 0.1) is 6.92 Å². The minimum atomic E-state index is -0.122. The van der Waals surface area contributed by atoms with E-state index in [9.17, 15) is 4.79 Å². The topological polar surface area (TPSA) is 46.9 Å². The maximum absolute atomic E-state index is 13.5. The molecular weight excluding hydrogens is 382 g/mol. The van der Waals surface area contributed by atoms with E-state index in [0.29, 0.717) is 11.4 Å². The molecule has 0 aliphatic carbocycles. The third-order valence-electron chi connectivity index (χ3n) is 5.58. The molecule has 1 heterocycles. The molecule has 1 amide bonds. The van der Waals surface area contributed by atoms with Crippen LogP contribution in [-0.2, 0) is 7.05 Å². The van der Waals surface area contributed by atoms with Crippen LogP contribution in [0.4, 0.5) is 0 Å². The van der Waals surface area contributed by atoms with Crippen molar-refractivity contribution in [3.8, 4) is 22.6 Å². The van der Waals surface area contributed by atoms with E-state index in [4.69, 9.17) is 4.98 Å². The third kappa shape index (κ3) is 4.29. The van der Waals surface area contributed by atoms with Crippen molar-refractivity contribution in [2.75, 3.05) is 0 Å². The summed E-state index contributed by atoms with van der Waals surface area (Å²) in [5, 5.41) is 3.23. The molecule has 0 bridgehead atoms. The van der Waals surface area contributed by atoms with Crippen molar-refractivity contribution in [2.24, 2.45) is 7.05 Å². The van der Waals surface area contributed by atoms with Gasteiger partial charge in [0.15, 0.2) is 0 Å². The van der Waals surface area contributed by atoms with Crippen LogP contribution in [0.3, 0.4) is 0 Å². The minimum Gasteiger partial charge on any atom is -0.344 e. The van der Waals surface area contributed by atoms with E-state index < -0.39 is 0 Å². The highest BCUT2D eigenvalue weighted by Gasteiger charge is 2.25. The molecule has 156 valence electrons. The van der Waals surface area contributed by atoms with Crippen LogP contribution in [0.1, 0.15) is 41.0 Å². The number of aryl methyl sites for hydroxylation is 1. The van der Waals surface area contributed by atoms with E-state index in [1.54, 1.807) is 0 Å². The Bertz CT molecular complexity index is 1160. The Labute approximate surface area is 183 Å². The summed E-state index contributed by atoms with van der Waals surface area (Å²) < 4.78 is 1.90. The lowest BCUT2D eigenvalue weighted by molar-refractivity contribution is 0.0928. The lowest BCUT2D eigenvalue weighted by Gasteiger charge is -2.18. The fourth-order valence-electron chi connectivity index (χ4n) is 3.85. The highest BCUT2D eigenvalue weighted by molar-refractivity contribution is 5.99. The molecule has 4 rings (SSSR count). The Morgan fingerprint density at radius 2 is 1.52 bits per heavy atom. The number of imidazole rings is 1. The van der Waals surface area contributed by atoms with E-state index in [1.165, 1.54) is 5.56 Å². The molecule has 4 aromatic rings. The molecule has 4 heteroatoms. The number of carbonyl (C=O) groups excluding carboxylic acids is 1. The summed E-state index contributed by atoms with van der Waals surface area (Å²) in [4.78, 5) is 18.5. The van der Waals surface area contributed by atoms with Gasteiger partial charge in [-0.3, -0.25) is 4.79 Å². The predicted octanol–water partition coefficient (Wildman–Crippen LogP) is 5.94. The zero-order chi connectivity index (χ0) is 21.8. The van der Waals surface area contributed by atoms with Crippen LogP contribution in [0.2, 0.25) is 0 Å². The first-order valence-electron chi connectivity index (χ1n) is 10.6.